The van der Waals surface area contributed by atoms with Gasteiger partial charge in [0.1, 0.15) is 0 Å². The molecule has 1 heterocycles. The summed E-state index contributed by atoms with van der Waals surface area (Å²) in [6, 6.07) is 0. The standard InChI is InChI=1S/C16H22O3/c1-15(2)8-6-10-16(3)9-5-4-7-11(16)12-13(15)19-14(17)18-12/h6-7,10,12-13H,4-5,8-9H2,1-3H3/b10-6+/t12-,13+,16-/m0/s1. The third kappa shape index (κ3) is 1.99. The Balaban J connectivity index is 2.08. The van der Waals surface area contributed by atoms with Crippen molar-refractivity contribution in [2.45, 2.75) is 58.7 Å². The Bertz CT molecular complexity index is 461. The number of fused-ring (bicyclic) bond motifs is 3. The molecule has 0 aromatic rings. The molecule has 19 heavy (non-hydrogen) atoms. The van der Waals surface area contributed by atoms with Gasteiger partial charge in [0.2, 0.25) is 0 Å². The normalized spacial score (nSPS) is 41.8. The van der Waals surface area contributed by atoms with Crippen molar-refractivity contribution in [2.24, 2.45) is 10.8 Å². The Morgan fingerprint density at radius 3 is 2.84 bits per heavy atom. The van der Waals surface area contributed by atoms with Gasteiger partial charge in [0, 0.05) is 10.8 Å². The smallest absolute Gasteiger partial charge is 0.426 e. The molecule has 3 atom stereocenters. The fraction of sp³-hybridized carbons (Fsp3) is 0.688. The molecule has 2 aliphatic carbocycles. The molecule has 1 saturated heterocycles. The van der Waals surface area contributed by atoms with Crippen LogP contribution in [0.5, 0.6) is 0 Å². The zero-order valence-corrected chi connectivity index (χ0v) is 11.9. The first kappa shape index (κ1) is 12.8. The topological polar surface area (TPSA) is 35.5 Å². The van der Waals surface area contributed by atoms with Crippen LogP contribution in [0.15, 0.2) is 23.8 Å². The monoisotopic (exact) mass is 262 g/mol. The van der Waals surface area contributed by atoms with Crippen molar-refractivity contribution in [3.05, 3.63) is 23.8 Å². The maximum absolute atomic E-state index is 11.6. The Hall–Kier alpha value is -1.25. The summed E-state index contributed by atoms with van der Waals surface area (Å²) in [6.45, 7) is 6.53. The third-order valence-corrected chi connectivity index (χ3v) is 4.85. The van der Waals surface area contributed by atoms with Crippen molar-refractivity contribution in [3.8, 4) is 0 Å². The molecule has 0 aromatic carbocycles. The summed E-state index contributed by atoms with van der Waals surface area (Å²) in [6.07, 6.45) is 10.2. The van der Waals surface area contributed by atoms with E-state index < -0.39 is 6.16 Å². The van der Waals surface area contributed by atoms with Gasteiger partial charge >= 0.3 is 6.16 Å². The highest BCUT2D eigenvalue weighted by Gasteiger charge is 2.51. The molecule has 0 bridgehead atoms. The lowest BCUT2D eigenvalue weighted by Crippen LogP contribution is -2.43. The predicted octanol–water partition coefficient (Wildman–Crippen LogP) is 3.99. The van der Waals surface area contributed by atoms with E-state index in [-0.39, 0.29) is 23.0 Å². The van der Waals surface area contributed by atoms with E-state index >= 15 is 0 Å². The number of rotatable bonds is 0. The van der Waals surface area contributed by atoms with E-state index in [1.165, 1.54) is 12.0 Å². The van der Waals surface area contributed by atoms with Gasteiger partial charge in [-0.1, -0.05) is 39.0 Å². The van der Waals surface area contributed by atoms with E-state index in [9.17, 15) is 4.79 Å². The van der Waals surface area contributed by atoms with Crippen molar-refractivity contribution < 1.29 is 14.3 Å². The van der Waals surface area contributed by atoms with Crippen LogP contribution in [-0.4, -0.2) is 18.4 Å². The highest BCUT2D eigenvalue weighted by atomic mass is 16.8. The first-order valence-corrected chi connectivity index (χ1v) is 7.18. The fourth-order valence-corrected chi connectivity index (χ4v) is 3.62. The minimum Gasteiger partial charge on any atom is -0.426 e. The molecule has 0 saturated carbocycles. The summed E-state index contributed by atoms with van der Waals surface area (Å²) < 4.78 is 11.0. The van der Waals surface area contributed by atoms with Crippen LogP contribution in [0, 0.1) is 10.8 Å². The number of hydrogen-bond acceptors (Lipinski definition) is 3. The molecular formula is C16H22O3. The molecule has 3 rings (SSSR count). The number of ether oxygens (including phenoxy) is 2. The highest BCUT2D eigenvalue weighted by Crippen LogP contribution is 2.49. The zero-order valence-electron chi connectivity index (χ0n) is 11.9. The molecule has 0 amide bonds. The molecule has 3 nitrogen and oxygen atoms in total. The minimum atomic E-state index is -0.515. The molecule has 0 unspecified atom stereocenters. The highest BCUT2D eigenvalue weighted by molar-refractivity contribution is 5.64. The molecular weight excluding hydrogens is 240 g/mol. The van der Waals surface area contributed by atoms with Gasteiger partial charge in [-0.3, -0.25) is 0 Å². The molecule has 3 heteroatoms. The SMILES string of the molecule is CC1(C)C/C=C/[C@]2(C)CCCC=C2[C@@H]2OC(=O)O[C@H]21. The van der Waals surface area contributed by atoms with E-state index in [2.05, 4.69) is 39.0 Å². The zero-order chi connectivity index (χ0) is 13.7. The molecule has 1 aliphatic heterocycles. The van der Waals surface area contributed by atoms with Crippen molar-refractivity contribution in [1.82, 2.24) is 0 Å². The quantitative estimate of drug-likeness (QED) is 0.489. The van der Waals surface area contributed by atoms with E-state index in [4.69, 9.17) is 9.47 Å². The van der Waals surface area contributed by atoms with Crippen LogP contribution in [-0.2, 0) is 9.47 Å². The predicted molar refractivity (Wildman–Crippen MR) is 72.7 cm³/mol. The molecule has 0 N–H and O–H groups in total. The molecule has 0 aromatic heterocycles. The third-order valence-electron chi connectivity index (χ3n) is 4.85. The maximum atomic E-state index is 11.6. The van der Waals surface area contributed by atoms with Crippen LogP contribution in [0.4, 0.5) is 4.79 Å². The second-order valence-electron chi connectivity index (χ2n) is 6.89. The van der Waals surface area contributed by atoms with Crippen molar-refractivity contribution in [3.63, 3.8) is 0 Å². The first-order valence-electron chi connectivity index (χ1n) is 7.18. The summed E-state index contributed by atoms with van der Waals surface area (Å²) in [5, 5.41) is 0. The fourth-order valence-electron chi connectivity index (χ4n) is 3.62. The summed E-state index contributed by atoms with van der Waals surface area (Å²) in [4.78, 5) is 11.6. The summed E-state index contributed by atoms with van der Waals surface area (Å²) in [7, 11) is 0. The summed E-state index contributed by atoms with van der Waals surface area (Å²) in [5.41, 5.74) is 1.16. The molecule has 0 spiro atoms. The van der Waals surface area contributed by atoms with Crippen molar-refractivity contribution in [2.75, 3.05) is 0 Å². The minimum absolute atomic E-state index is 0.0195. The van der Waals surface area contributed by atoms with Gasteiger partial charge in [0.05, 0.1) is 0 Å². The van der Waals surface area contributed by atoms with Gasteiger partial charge in [-0.05, 0) is 31.3 Å². The average molecular weight is 262 g/mol. The van der Waals surface area contributed by atoms with Crippen LogP contribution in [0.2, 0.25) is 0 Å². The van der Waals surface area contributed by atoms with E-state index in [1.807, 2.05) is 0 Å². The Morgan fingerprint density at radius 1 is 1.26 bits per heavy atom. The number of carbonyl (C=O) groups excluding carboxylic acids is 1. The van der Waals surface area contributed by atoms with E-state index in [1.54, 1.807) is 0 Å². The lowest BCUT2D eigenvalue weighted by atomic mass is 9.66. The average Bonchev–Trinajstić information content (AvgIpc) is 2.70. The van der Waals surface area contributed by atoms with Crippen LogP contribution < -0.4 is 0 Å². The van der Waals surface area contributed by atoms with Gasteiger partial charge in [0.25, 0.3) is 0 Å². The second-order valence-corrected chi connectivity index (χ2v) is 6.89. The van der Waals surface area contributed by atoms with E-state index in [0.717, 1.165) is 19.3 Å². The van der Waals surface area contributed by atoms with Gasteiger partial charge in [-0.2, -0.15) is 0 Å². The molecule has 1 fully saturated rings. The van der Waals surface area contributed by atoms with Gasteiger partial charge in [-0.15, -0.1) is 0 Å². The van der Waals surface area contributed by atoms with E-state index in [0.29, 0.717) is 0 Å². The number of allylic oxidation sites excluding steroid dienone is 3. The maximum Gasteiger partial charge on any atom is 0.509 e. The lowest BCUT2D eigenvalue weighted by molar-refractivity contribution is 0.0438. The van der Waals surface area contributed by atoms with Crippen LogP contribution >= 0.6 is 0 Å². The van der Waals surface area contributed by atoms with Gasteiger partial charge < -0.3 is 9.47 Å². The summed E-state index contributed by atoms with van der Waals surface area (Å²) >= 11 is 0. The van der Waals surface area contributed by atoms with Crippen molar-refractivity contribution in [1.29, 1.82) is 0 Å². The van der Waals surface area contributed by atoms with Crippen LogP contribution in [0.25, 0.3) is 0 Å². The Labute approximate surface area is 114 Å². The Kier molecular flexibility index (Phi) is 2.77. The number of carbonyl (C=O) groups is 1. The number of hydrogen-bond donors (Lipinski definition) is 0. The molecule has 3 aliphatic rings. The summed E-state index contributed by atoms with van der Waals surface area (Å²) in [5.74, 6) is 0. The molecule has 0 radical (unpaired) electrons. The molecule has 104 valence electrons. The van der Waals surface area contributed by atoms with Crippen LogP contribution in [0.1, 0.15) is 46.5 Å². The first-order chi connectivity index (χ1) is 8.92. The van der Waals surface area contributed by atoms with Gasteiger partial charge in [-0.25, -0.2) is 4.79 Å². The van der Waals surface area contributed by atoms with Gasteiger partial charge in [0.15, 0.2) is 12.2 Å². The second kappa shape index (κ2) is 4.12. The van der Waals surface area contributed by atoms with Crippen molar-refractivity contribution >= 4 is 6.16 Å². The Morgan fingerprint density at radius 2 is 2.05 bits per heavy atom. The lowest BCUT2D eigenvalue weighted by Gasteiger charge is -2.41. The van der Waals surface area contributed by atoms with Crippen LogP contribution in [0.3, 0.4) is 0 Å². The largest absolute Gasteiger partial charge is 0.509 e.